The minimum absolute atomic E-state index is 0.285. The fourth-order valence-corrected chi connectivity index (χ4v) is 3.19. The van der Waals surface area contributed by atoms with Gasteiger partial charge >= 0.3 is 0 Å². The Bertz CT molecular complexity index is 608. The van der Waals surface area contributed by atoms with Crippen LogP contribution in [0.5, 0.6) is 0 Å². The van der Waals surface area contributed by atoms with Crippen LogP contribution in [-0.2, 0) is 0 Å². The molecule has 0 radical (unpaired) electrons. The van der Waals surface area contributed by atoms with E-state index in [1.807, 2.05) is 0 Å². The highest BCUT2D eigenvalue weighted by atomic mass is 15.2. The van der Waals surface area contributed by atoms with Crippen LogP contribution in [0.2, 0.25) is 0 Å². The first-order chi connectivity index (χ1) is 10.2. The van der Waals surface area contributed by atoms with E-state index in [-0.39, 0.29) is 5.95 Å². The molecule has 1 saturated heterocycles. The second-order valence-electron chi connectivity index (χ2n) is 5.82. The molecule has 1 fully saturated rings. The number of likely N-dealkylation sites (tertiary alicyclic amines) is 1. The number of aromatic nitrogens is 4. The summed E-state index contributed by atoms with van der Waals surface area (Å²) in [7, 11) is 2.07. The van der Waals surface area contributed by atoms with Gasteiger partial charge in [0.15, 0.2) is 5.65 Å². The van der Waals surface area contributed by atoms with Crippen LogP contribution in [0, 0.1) is 5.92 Å². The number of nitrogens with two attached hydrogens (primary N) is 1. The third-order valence-electron chi connectivity index (χ3n) is 4.25. The number of fused-ring (bicyclic) bond motifs is 1. The average Bonchev–Trinajstić information content (AvgIpc) is 2.94. The Hall–Kier alpha value is -1.89. The van der Waals surface area contributed by atoms with Gasteiger partial charge in [-0.15, -0.1) is 0 Å². The molecule has 0 amide bonds. The van der Waals surface area contributed by atoms with Gasteiger partial charge in [-0.1, -0.05) is 6.92 Å². The van der Waals surface area contributed by atoms with Crippen LogP contribution in [0.15, 0.2) is 6.20 Å². The summed E-state index contributed by atoms with van der Waals surface area (Å²) >= 11 is 0. The SMILES string of the molecule is CCN1CCCC(CN(C)c2nc(N)nc3[nH]ncc23)C1. The molecule has 1 atom stereocenters. The Morgan fingerprint density at radius 2 is 2.33 bits per heavy atom. The Morgan fingerprint density at radius 3 is 3.14 bits per heavy atom. The number of rotatable bonds is 4. The molecule has 0 aromatic carbocycles. The van der Waals surface area contributed by atoms with E-state index in [9.17, 15) is 0 Å². The number of H-pyrrole nitrogens is 1. The van der Waals surface area contributed by atoms with E-state index in [0.29, 0.717) is 11.6 Å². The first-order valence-electron chi connectivity index (χ1n) is 7.57. The van der Waals surface area contributed by atoms with E-state index in [1.54, 1.807) is 6.20 Å². The maximum Gasteiger partial charge on any atom is 0.224 e. The molecule has 2 aromatic rings. The molecule has 114 valence electrons. The number of nitrogens with zero attached hydrogens (tertiary/aromatic N) is 5. The molecule has 1 aliphatic heterocycles. The molecule has 21 heavy (non-hydrogen) atoms. The first kappa shape index (κ1) is 14.1. The summed E-state index contributed by atoms with van der Waals surface area (Å²) in [5.41, 5.74) is 6.49. The van der Waals surface area contributed by atoms with Gasteiger partial charge in [0.2, 0.25) is 5.95 Å². The minimum atomic E-state index is 0.285. The summed E-state index contributed by atoms with van der Waals surface area (Å²) in [6, 6.07) is 0. The molecule has 0 spiro atoms. The Morgan fingerprint density at radius 1 is 1.48 bits per heavy atom. The van der Waals surface area contributed by atoms with Crippen LogP contribution in [0.1, 0.15) is 19.8 Å². The van der Waals surface area contributed by atoms with Crippen molar-refractivity contribution in [3.8, 4) is 0 Å². The van der Waals surface area contributed by atoms with Crippen LogP contribution in [0.3, 0.4) is 0 Å². The van der Waals surface area contributed by atoms with E-state index in [4.69, 9.17) is 5.73 Å². The van der Waals surface area contributed by atoms with Crippen LogP contribution >= 0.6 is 0 Å². The summed E-state index contributed by atoms with van der Waals surface area (Å²) in [6.45, 7) is 6.73. The Kier molecular flexibility index (Phi) is 3.92. The summed E-state index contributed by atoms with van der Waals surface area (Å²) in [5, 5.41) is 7.82. The lowest BCUT2D eigenvalue weighted by Gasteiger charge is -2.34. The lowest BCUT2D eigenvalue weighted by molar-refractivity contribution is 0.185. The maximum atomic E-state index is 5.79. The predicted molar refractivity (Wildman–Crippen MR) is 84.2 cm³/mol. The monoisotopic (exact) mass is 289 g/mol. The highest BCUT2D eigenvalue weighted by Gasteiger charge is 2.21. The molecule has 7 heteroatoms. The topological polar surface area (TPSA) is 87.0 Å². The second kappa shape index (κ2) is 5.85. The van der Waals surface area contributed by atoms with Crippen molar-refractivity contribution in [2.45, 2.75) is 19.8 Å². The fraction of sp³-hybridized carbons (Fsp3) is 0.643. The molecular weight excluding hydrogens is 266 g/mol. The minimum Gasteiger partial charge on any atom is -0.368 e. The molecule has 2 aromatic heterocycles. The van der Waals surface area contributed by atoms with E-state index >= 15 is 0 Å². The normalized spacial score (nSPS) is 20.0. The van der Waals surface area contributed by atoms with Gasteiger partial charge in [0.1, 0.15) is 5.82 Å². The van der Waals surface area contributed by atoms with Crippen LogP contribution in [0.4, 0.5) is 11.8 Å². The van der Waals surface area contributed by atoms with Crippen molar-refractivity contribution >= 4 is 22.8 Å². The van der Waals surface area contributed by atoms with E-state index in [2.05, 4.69) is 43.9 Å². The van der Waals surface area contributed by atoms with Crippen molar-refractivity contribution in [2.75, 3.05) is 43.9 Å². The number of hydrogen-bond donors (Lipinski definition) is 2. The molecule has 3 N–H and O–H groups in total. The lowest BCUT2D eigenvalue weighted by atomic mass is 9.97. The van der Waals surface area contributed by atoms with E-state index < -0.39 is 0 Å². The summed E-state index contributed by atoms with van der Waals surface area (Å²) < 4.78 is 0. The second-order valence-corrected chi connectivity index (χ2v) is 5.82. The van der Waals surface area contributed by atoms with Gasteiger partial charge in [0.05, 0.1) is 11.6 Å². The highest BCUT2D eigenvalue weighted by molar-refractivity contribution is 5.87. The zero-order valence-corrected chi connectivity index (χ0v) is 12.7. The Labute approximate surface area is 124 Å². The zero-order chi connectivity index (χ0) is 14.8. The van der Waals surface area contributed by atoms with Crippen molar-refractivity contribution < 1.29 is 0 Å². The molecule has 1 unspecified atom stereocenters. The number of hydrogen-bond acceptors (Lipinski definition) is 6. The van der Waals surface area contributed by atoms with E-state index in [1.165, 1.54) is 19.4 Å². The first-order valence-corrected chi connectivity index (χ1v) is 7.57. The van der Waals surface area contributed by atoms with Crippen molar-refractivity contribution in [3.63, 3.8) is 0 Å². The highest BCUT2D eigenvalue weighted by Crippen LogP contribution is 2.24. The predicted octanol–water partition coefficient (Wildman–Crippen LogP) is 1.10. The van der Waals surface area contributed by atoms with Gasteiger partial charge in [-0.05, 0) is 31.8 Å². The largest absolute Gasteiger partial charge is 0.368 e. The standard InChI is InChI=1S/C14H23N7/c1-3-21-6-4-5-10(9-21)8-20(2)13-11-7-16-19-12(11)17-14(15)18-13/h7,10H,3-6,8-9H2,1-2H3,(H3,15,16,17,18,19). The molecule has 3 rings (SSSR count). The molecule has 0 saturated carbocycles. The summed E-state index contributed by atoms with van der Waals surface area (Å²) in [5.74, 6) is 1.81. The van der Waals surface area contributed by atoms with Crippen molar-refractivity contribution in [1.29, 1.82) is 0 Å². The lowest BCUT2D eigenvalue weighted by Crippen LogP contribution is -2.40. The molecular formula is C14H23N7. The van der Waals surface area contributed by atoms with Gasteiger partial charge in [0, 0.05) is 20.1 Å². The van der Waals surface area contributed by atoms with Crippen LogP contribution < -0.4 is 10.6 Å². The van der Waals surface area contributed by atoms with Crippen LogP contribution in [-0.4, -0.2) is 58.3 Å². The van der Waals surface area contributed by atoms with Crippen molar-refractivity contribution in [1.82, 2.24) is 25.1 Å². The molecule has 7 nitrogen and oxygen atoms in total. The van der Waals surface area contributed by atoms with Gasteiger partial charge in [-0.3, -0.25) is 5.10 Å². The van der Waals surface area contributed by atoms with Crippen molar-refractivity contribution in [3.05, 3.63) is 6.20 Å². The number of nitrogen functional groups attached to an aromatic ring is 1. The quantitative estimate of drug-likeness (QED) is 0.876. The van der Waals surface area contributed by atoms with Gasteiger partial charge in [-0.2, -0.15) is 15.1 Å². The maximum absolute atomic E-state index is 5.79. The molecule has 1 aliphatic rings. The number of nitrogens with one attached hydrogen (secondary N) is 1. The summed E-state index contributed by atoms with van der Waals surface area (Å²) in [4.78, 5) is 13.3. The third-order valence-corrected chi connectivity index (χ3v) is 4.25. The van der Waals surface area contributed by atoms with E-state index in [0.717, 1.165) is 30.8 Å². The number of anilines is 2. The van der Waals surface area contributed by atoms with Gasteiger partial charge < -0.3 is 15.5 Å². The number of aromatic amines is 1. The molecule has 3 heterocycles. The average molecular weight is 289 g/mol. The summed E-state index contributed by atoms with van der Waals surface area (Å²) in [6.07, 6.45) is 4.31. The third kappa shape index (κ3) is 2.92. The van der Waals surface area contributed by atoms with Gasteiger partial charge in [-0.25, -0.2) is 0 Å². The number of piperidine rings is 1. The van der Waals surface area contributed by atoms with Crippen LogP contribution in [0.25, 0.3) is 11.0 Å². The zero-order valence-electron chi connectivity index (χ0n) is 12.7. The molecule has 0 aliphatic carbocycles. The fourth-order valence-electron chi connectivity index (χ4n) is 3.19. The van der Waals surface area contributed by atoms with Gasteiger partial charge in [0.25, 0.3) is 0 Å². The molecule has 0 bridgehead atoms. The smallest absolute Gasteiger partial charge is 0.224 e. The van der Waals surface area contributed by atoms with Crippen molar-refractivity contribution in [2.24, 2.45) is 5.92 Å². The Balaban J connectivity index is 1.77.